The number of aromatic nitrogens is 1. The molecule has 0 saturated carbocycles. The van der Waals surface area contributed by atoms with Crippen LogP contribution in [-0.2, 0) is 6.42 Å². The zero-order valence-electron chi connectivity index (χ0n) is 16.3. The highest BCUT2D eigenvalue weighted by Crippen LogP contribution is 2.29. The first kappa shape index (κ1) is 20.1. The summed E-state index contributed by atoms with van der Waals surface area (Å²) in [7, 11) is 0. The summed E-state index contributed by atoms with van der Waals surface area (Å²) in [5.74, 6) is 0. The van der Waals surface area contributed by atoms with E-state index in [1.54, 1.807) is 11.3 Å². The Bertz CT molecular complexity index is 978. The number of para-hydroxylation sites is 1. The fourth-order valence-electron chi connectivity index (χ4n) is 3.41. The number of thiazole rings is 1. The molecule has 0 amide bonds. The zero-order valence-corrected chi connectivity index (χ0v) is 18.7. The maximum atomic E-state index is 5.99. The molecule has 1 aliphatic heterocycles. The van der Waals surface area contributed by atoms with Gasteiger partial charge in [-0.25, -0.2) is 4.98 Å². The standard InChI is InChI=1S/C22H23ClN4S2/c1-2-16-5-3-4-6-19(16)24-21(28)26-11-13-27(14-12-26)22-25-20(15-29-22)17-7-9-18(23)10-8-17/h3-10,15H,2,11-14H2,1H3,(H,24,28). The van der Waals surface area contributed by atoms with E-state index in [1.165, 1.54) is 5.56 Å². The predicted octanol–water partition coefficient (Wildman–Crippen LogP) is 5.54. The van der Waals surface area contributed by atoms with Gasteiger partial charge < -0.3 is 15.1 Å². The van der Waals surface area contributed by atoms with E-state index in [0.29, 0.717) is 0 Å². The number of nitrogens with zero attached hydrogens (tertiary/aromatic N) is 3. The van der Waals surface area contributed by atoms with Crippen molar-refractivity contribution in [3.63, 3.8) is 0 Å². The Morgan fingerprint density at radius 1 is 1.10 bits per heavy atom. The van der Waals surface area contributed by atoms with Gasteiger partial charge in [-0.3, -0.25) is 0 Å². The van der Waals surface area contributed by atoms with Gasteiger partial charge in [-0.15, -0.1) is 11.3 Å². The summed E-state index contributed by atoms with van der Waals surface area (Å²) < 4.78 is 0. The van der Waals surface area contributed by atoms with Crippen LogP contribution in [0.1, 0.15) is 12.5 Å². The molecule has 0 aliphatic carbocycles. The number of piperazine rings is 1. The van der Waals surface area contributed by atoms with Crippen molar-refractivity contribution in [1.82, 2.24) is 9.88 Å². The summed E-state index contributed by atoms with van der Waals surface area (Å²) in [5, 5.41) is 8.14. The molecule has 3 aromatic rings. The van der Waals surface area contributed by atoms with Crippen molar-refractivity contribution in [3.05, 3.63) is 64.5 Å². The topological polar surface area (TPSA) is 31.4 Å². The van der Waals surface area contributed by atoms with Gasteiger partial charge in [0.1, 0.15) is 0 Å². The normalized spacial score (nSPS) is 14.1. The second-order valence-corrected chi connectivity index (χ2v) is 8.60. The van der Waals surface area contributed by atoms with Gasteiger partial charge in [0.05, 0.1) is 5.69 Å². The molecule has 1 fully saturated rings. The SMILES string of the molecule is CCc1ccccc1NC(=S)N1CCN(c2nc(-c3ccc(Cl)cc3)cs2)CC1. The minimum atomic E-state index is 0.742. The zero-order chi connectivity index (χ0) is 20.2. The highest BCUT2D eigenvalue weighted by Gasteiger charge is 2.21. The number of halogens is 1. The summed E-state index contributed by atoms with van der Waals surface area (Å²) in [4.78, 5) is 9.41. The first-order chi connectivity index (χ1) is 14.1. The number of anilines is 2. The average Bonchev–Trinajstić information content (AvgIpc) is 3.25. The molecule has 1 aromatic heterocycles. The molecule has 0 spiro atoms. The van der Waals surface area contributed by atoms with E-state index in [-0.39, 0.29) is 0 Å². The largest absolute Gasteiger partial charge is 0.345 e. The van der Waals surface area contributed by atoms with Gasteiger partial charge in [0.25, 0.3) is 0 Å². The number of hydrogen-bond donors (Lipinski definition) is 1. The van der Waals surface area contributed by atoms with Gasteiger partial charge >= 0.3 is 0 Å². The molecule has 1 N–H and O–H groups in total. The van der Waals surface area contributed by atoms with Crippen LogP contribution in [0.25, 0.3) is 11.3 Å². The maximum Gasteiger partial charge on any atom is 0.185 e. The van der Waals surface area contributed by atoms with Crippen LogP contribution in [0.2, 0.25) is 5.02 Å². The predicted molar refractivity (Wildman–Crippen MR) is 128 cm³/mol. The van der Waals surface area contributed by atoms with Gasteiger partial charge in [-0.05, 0) is 42.4 Å². The lowest BCUT2D eigenvalue weighted by Gasteiger charge is -2.36. The number of rotatable bonds is 4. The molecule has 4 rings (SSSR count). The van der Waals surface area contributed by atoms with Crippen LogP contribution in [0.3, 0.4) is 0 Å². The molecule has 29 heavy (non-hydrogen) atoms. The van der Waals surface area contributed by atoms with E-state index in [2.05, 4.69) is 45.6 Å². The van der Waals surface area contributed by atoms with Crippen molar-refractivity contribution < 1.29 is 0 Å². The molecule has 0 atom stereocenters. The third-order valence-electron chi connectivity index (χ3n) is 5.11. The quantitative estimate of drug-likeness (QED) is 0.536. The summed E-state index contributed by atoms with van der Waals surface area (Å²) in [6, 6.07) is 16.2. The summed E-state index contributed by atoms with van der Waals surface area (Å²) in [5.41, 5.74) is 4.48. The smallest absolute Gasteiger partial charge is 0.185 e. The van der Waals surface area contributed by atoms with Crippen LogP contribution in [0.4, 0.5) is 10.8 Å². The molecule has 0 radical (unpaired) electrons. The van der Waals surface area contributed by atoms with E-state index in [9.17, 15) is 0 Å². The van der Waals surface area contributed by atoms with Gasteiger partial charge in [-0.2, -0.15) is 0 Å². The second-order valence-electron chi connectivity index (χ2n) is 6.94. The van der Waals surface area contributed by atoms with Crippen LogP contribution in [-0.4, -0.2) is 41.2 Å². The van der Waals surface area contributed by atoms with Gasteiger partial charge in [0, 0.05) is 47.8 Å². The molecule has 0 bridgehead atoms. The fraction of sp³-hybridized carbons (Fsp3) is 0.273. The average molecular weight is 443 g/mol. The number of hydrogen-bond acceptors (Lipinski definition) is 4. The number of thiocarbonyl (C=S) groups is 1. The molecular formula is C22H23ClN4S2. The lowest BCUT2D eigenvalue weighted by atomic mass is 10.1. The molecule has 1 aliphatic rings. The minimum Gasteiger partial charge on any atom is -0.345 e. The Labute approximate surface area is 186 Å². The summed E-state index contributed by atoms with van der Waals surface area (Å²) in [6.07, 6.45) is 0.986. The first-order valence-corrected chi connectivity index (χ1v) is 11.4. The third-order valence-corrected chi connectivity index (χ3v) is 6.62. The molecule has 1 saturated heterocycles. The molecule has 4 nitrogen and oxygen atoms in total. The lowest BCUT2D eigenvalue weighted by molar-refractivity contribution is 0.390. The van der Waals surface area contributed by atoms with Crippen molar-refractivity contribution >= 4 is 51.1 Å². The Balaban J connectivity index is 1.36. The molecule has 2 heterocycles. The first-order valence-electron chi connectivity index (χ1n) is 9.74. The van der Waals surface area contributed by atoms with Crippen LogP contribution in [0.5, 0.6) is 0 Å². The second kappa shape index (κ2) is 9.11. The Morgan fingerprint density at radius 2 is 1.83 bits per heavy atom. The van der Waals surface area contributed by atoms with Crippen LogP contribution in [0, 0.1) is 0 Å². The molecule has 7 heteroatoms. The van der Waals surface area contributed by atoms with Crippen LogP contribution in [0.15, 0.2) is 53.9 Å². The van der Waals surface area contributed by atoms with E-state index in [1.807, 2.05) is 30.3 Å². The molecule has 150 valence electrons. The van der Waals surface area contributed by atoms with Crippen LogP contribution < -0.4 is 10.2 Å². The van der Waals surface area contributed by atoms with Crippen LogP contribution >= 0.6 is 35.2 Å². The number of aryl methyl sites for hydroxylation is 1. The Morgan fingerprint density at radius 3 is 2.55 bits per heavy atom. The van der Waals surface area contributed by atoms with Crippen molar-refractivity contribution in [2.75, 3.05) is 36.4 Å². The van der Waals surface area contributed by atoms with Crippen molar-refractivity contribution in [2.24, 2.45) is 0 Å². The maximum absolute atomic E-state index is 5.99. The van der Waals surface area contributed by atoms with E-state index >= 15 is 0 Å². The summed E-state index contributed by atoms with van der Waals surface area (Å²) >= 11 is 13.3. The third kappa shape index (κ3) is 4.71. The highest BCUT2D eigenvalue weighted by molar-refractivity contribution is 7.80. The van der Waals surface area contributed by atoms with Gasteiger partial charge in [0.2, 0.25) is 0 Å². The fourth-order valence-corrected chi connectivity index (χ4v) is 4.72. The lowest BCUT2D eigenvalue weighted by Crippen LogP contribution is -2.50. The number of nitrogens with one attached hydrogen (secondary N) is 1. The van der Waals surface area contributed by atoms with Crippen molar-refractivity contribution in [1.29, 1.82) is 0 Å². The van der Waals surface area contributed by atoms with E-state index < -0.39 is 0 Å². The molecule has 2 aromatic carbocycles. The van der Waals surface area contributed by atoms with E-state index in [4.69, 9.17) is 28.8 Å². The Hall–Kier alpha value is -2.15. The molecular weight excluding hydrogens is 420 g/mol. The Kier molecular flexibility index (Phi) is 6.33. The highest BCUT2D eigenvalue weighted by atomic mass is 35.5. The van der Waals surface area contributed by atoms with Crippen molar-refractivity contribution in [3.8, 4) is 11.3 Å². The van der Waals surface area contributed by atoms with Gasteiger partial charge in [-0.1, -0.05) is 48.9 Å². The van der Waals surface area contributed by atoms with E-state index in [0.717, 1.165) is 64.8 Å². The molecule has 0 unspecified atom stereocenters. The van der Waals surface area contributed by atoms with Gasteiger partial charge in [0.15, 0.2) is 10.2 Å². The van der Waals surface area contributed by atoms with Crippen molar-refractivity contribution in [2.45, 2.75) is 13.3 Å². The summed E-state index contributed by atoms with van der Waals surface area (Å²) in [6.45, 7) is 5.75. The number of benzene rings is 2. The monoisotopic (exact) mass is 442 g/mol. The minimum absolute atomic E-state index is 0.742.